The lowest BCUT2D eigenvalue weighted by Gasteiger charge is -2.06. The van der Waals surface area contributed by atoms with Crippen LogP contribution < -0.4 is 0 Å². The first-order valence-electron chi connectivity index (χ1n) is 15.3. The highest BCUT2D eigenvalue weighted by Crippen LogP contribution is 2.41. The second-order valence-corrected chi connectivity index (χ2v) is 13.1. The van der Waals surface area contributed by atoms with Gasteiger partial charge in [-0.05, 0) is 32.1 Å². The molecule has 0 saturated carbocycles. The van der Waals surface area contributed by atoms with Crippen LogP contribution in [0.15, 0.2) is 0 Å². The fraction of sp³-hybridized carbons (Fsp3) is 0.933. The highest BCUT2D eigenvalue weighted by atomic mass is 31.2. The van der Waals surface area contributed by atoms with Crippen molar-refractivity contribution in [2.24, 2.45) is 0 Å². The van der Waals surface area contributed by atoms with Crippen LogP contribution in [0.4, 0.5) is 0 Å². The molecule has 0 bridgehead atoms. The minimum atomic E-state index is -2.69. The maximum absolute atomic E-state index is 11.9. The lowest BCUT2D eigenvalue weighted by atomic mass is 10.0. The number of carbonyl (C=O) groups is 2. The molecule has 0 aromatic carbocycles. The molecule has 6 heteroatoms. The average Bonchev–Trinajstić information content (AvgIpc) is 2.81. The number of aliphatic carboxylic acids is 1. The fourth-order valence-corrected chi connectivity index (χ4v) is 6.03. The van der Waals surface area contributed by atoms with Crippen LogP contribution in [-0.2, 0) is 14.2 Å². The number of carboxylic acids is 1. The van der Waals surface area contributed by atoms with Gasteiger partial charge in [0.2, 0.25) is 7.37 Å². The highest BCUT2D eigenvalue weighted by molar-refractivity contribution is 7.57. The summed E-state index contributed by atoms with van der Waals surface area (Å²) >= 11 is 0. The molecule has 2 N–H and O–H groups in total. The normalized spacial score (nSPS) is 11.2. The van der Waals surface area contributed by atoms with Crippen LogP contribution in [0.2, 0.25) is 0 Å². The maximum atomic E-state index is 11.9. The first kappa shape index (κ1) is 37.5. The molecule has 0 unspecified atom stereocenters. The van der Waals surface area contributed by atoms with E-state index in [9.17, 15) is 14.2 Å². The van der Waals surface area contributed by atoms with Crippen LogP contribution in [0.1, 0.15) is 168 Å². The molecular weight excluding hydrogens is 471 g/mol. The first-order valence-corrected chi connectivity index (χ1v) is 17.4. The molecule has 216 valence electrons. The zero-order chi connectivity index (χ0) is 27.3. The third kappa shape index (κ3) is 33.3. The van der Waals surface area contributed by atoms with E-state index in [2.05, 4.69) is 6.92 Å². The Balaban J connectivity index is 0. The van der Waals surface area contributed by atoms with Gasteiger partial charge in [-0.2, -0.15) is 0 Å². The van der Waals surface area contributed by atoms with Crippen LogP contribution in [0.5, 0.6) is 0 Å². The predicted molar refractivity (Wildman–Crippen MR) is 155 cm³/mol. The lowest BCUT2D eigenvalue weighted by Crippen LogP contribution is -1.97. The number of rotatable bonds is 26. The van der Waals surface area contributed by atoms with Gasteiger partial charge < -0.3 is 10.00 Å². The minimum Gasteiger partial charge on any atom is -0.481 e. The molecule has 0 aliphatic carbocycles. The summed E-state index contributed by atoms with van der Waals surface area (Å²) in [7, 11) is -2.69. The largest absolute Gasteiger partial charge is 0.481 e. The summed E-state index contributed by atoms with van der Waals surface area (Å²) in [4.78, 5) is 31.4. The molecule has 0 spiro atoms. The Morgan fingerprint density at radius 3 is 1.11 bits per heavy atom. The SMILES string of the molecule is CCCCCCCCCCCC(=O)CCCCCCCCCCCC(=O)O.CCCP(=O)(O)CCC. The van der Waals surface area contributed by atoms with Crippen LogP contribution in [0, 0.1) is 0 Å². The predicted octanol–water partition coefficient (Wildman–Crippen LogP) is 9.93. The Morgan fingerprint density at radius 1 is 0.500 bits per heavy atom. The number of hydrogen-bond acceptors (Lipinski definition) is 3. The maximum Gasteiger partial charge on any atom is 0.303 e. The third-order valence-corrected chi connectivity index (χ3v) is 8.84. The van der Waals surface area contributed by atoms with Crippen molar-refractivity contribution in [1.82, 2.24) is 0 Å². The van der Waals surface area contributed by atoms with Crippen LogP contribution in [0.3, 0.4) is 0 Å². The van der Waals surface area contributed by atoms with Crippen molar-refractivity contribution in [2.45, 2.75) is 168 Å². The van der Waals surface area contributed by atoms with Crippen LogP contribution in [-0.4, -0.2) is 34.1 Å². The van der Waals surface area contributed by atoms with Gasteiger partial charge in [-0.3, -0.25) is 14.2 Å². The molecule has 0 amide bonds. The van der Waals surface area contributed by atoms with E-state index in [1.165, 1.54) is 83.5 Å². The average molecular weight is 533 g/mol. The summed E-state index contributed by atoms with van der Waals surface area (Å²) in [6.45, 7) is 6.11. The van der Waals surface area contributed by atoms with E-state index < -0.39 is 13.3 Å². The molecule has 5 nitrogen and oxygen atoms in total. The number of ketones is 1. The zero-order valence-corrected chi connectivity index (χ0v) is 25.1. The number of Topliss-reactive ketones (excluding diaryl/α,β-unsaturated/α-hetero) is 1. The van der Waals surface area contributed by atoms with Crippen LogP contribution >= 0.6 is 7.37 Å². The third-order valence-electron chi connectivity index (χ3n) is 6.55. The Morgan fingerprint density at radius 2 is 0.806 bits per heavy atom. The molecule has 0 atom stereocenters. The van der Waals surface area contributed by atoms with Gasteiger partial charge in [-0.1, -0.05) is 117 Å². The molecule has 0 radical (unpaired) electrons. The molecule has 0 aromatic rings. The molecular formula is C30H61O5P. The van der Waals surface area contributed by atoms with Gasteiger partial charge >= 0.3 is 5.97 Å². The molecule has 0 saturated heterocycles. The number of carbonyl (C=O) groups excluding carboxylic acids is 1. The molecule has 0 fully saturated rings. The molecule has 0 aliphatic heterocycles. The van der Waals surface area contributed by atoms with Gasteiger partial charge in [-0.15, -0.1) is 0 Å². The Hall–Kier alpha value is -0.670. The first-order chi connectivity index (χ1) is 17.3. The Kier molecular flexibility index (Phi) is 30.1. The lowest BCUT2D eigenvalue weighted by molar-refractivity contribution is -0.137. The van der Waals surface area contributed by atoms with Crippen molar-refractivity contribution in [3.8, 4) is 0 Å². The molecule has 0 aliphatic rings. The van der Waals surface area contributed by atoms with E-state index in [4.69, 9.17) is 10.00 Å². The number of hydrogen-bond donors (Lipinski definition) is 2. The Labute approximate surface area is 224 Å². The van der Waals surface area contributed by atoms with Crippen molar-refractivity contribution >= 4 is 19.1 Å². The van der Waals surface area contributed by atoms with E-state index in [0.29, 0.717) is 24.5 Å². The van der Waals surface area contributed by atoms with Crippen molar-refractivity contribution in [2.75, 3.05) is 12.3 Å². The van der Waals surface area contributed by atoms with Gasteiger partial charge in [0.1, 0.15) is 5.78 Å². The van der Waals surface area contributed by atoms with E-state index >= 15 is 0 Å². The monoisotopic (exact) mass is 532 g/mol. The summed E-state index contributed by atoms with van der Waals surface area (Å²) in [5.41, 5.74) is 0. The van der Waals surface area contributed by atoms with Crippen molar-refractivity contribution in [3.05, 3.63) is 0 Å². The zero-order valence-electron chi connectivity index (χ0n) is 24.2. The van der Waals surface area contributed by atoms with E-state index in [-0.39, 0.29) is 0 Å². The number of unbranched alkanes of at least 4 members (excludes halogenated alkanes) is 16. The second kappa shape index (κ2) is 28.9. The smallest absolute Gasteiger partial charge is 0.303 e. The van der Waals surface area contributed by atoms with E-state index in [1.807, 2.05) is 13.8 Å². The van der Waals surface area contributed by atoms with Gasteiger partial charge in [0, 0.05) is 31.6 Å². The summed E-state index contributed by atoms with van der Waals surface area (Å²) in [6.07, 6.45) is 26.5. The van der Waals surface area contributed by atoms with Crippen molar-refractivity contribution in [3.63, 3.8) is 0 Å². The van der Waals surface area contributed by atoms with Crippen molar-refractivity contribution < 1.29 is 24.2 Å². The molecule has 36 heavy (non-hydrogen) atoms. The van der Waals surface area contributed by atoms with E-state index in [1.54, 1.807) is 0 Å². The summed E-state index contributed by atoms with van der Waals surface area (Å²) in [5, 5.41) is 8.57. The minimum absolute atomic E-state index is 0.313. The summed E-state index contributed by atoms with van der Waals surface area (Å²) < 4.78 is 11.0. The van der Waals surface area contributed by atoms with Crippen LogP contribution in [0.25, 0.3) is 0 Å². The molecule has 0 heterocycles. The number of carboxylic acid groups (broad SMARTS) is 1. The van der Waals surface area contributed by atoms with Gasteiger partial charge in [-0.25, -0.2) is 0 Å². The fourth-order valence-electron chi connectivity index (χ4n) is 4.40. The quantitative estimate of drug-likeness (QED) is 0.0854. The molecule has 0 aromatic heterocycles. The topological polar surface area (TPSA) is 91.7 Å². The highest BCUT2D eigenvalue weighted by Gasteiger charge is 2.13. The second-order valence-electron chi connectivity index (χ2n) is 10.5. The van der Waals surface area contributed by atoms with Gasteiger partial charge in [0.25, 0.3) is 0 Å². The van der Waals surface area contributed by atoms with Gasteiger partial charge in [0.05, 0.1) is 0 Å². The standard InChI is InChI=1S/C24H46O3.C6H15O2P/c1-2-3-4-5-6-8-11-14-17-20-23(25)21-18-15-12-9-7-10-13-16-19-22-24(26)27;1-3-5-9(7,8)6-4-2/h2-22H2,1H3,(H,26,27);3-6H2,1-2H3,(H,7,8). The van der Waals surface area contributed by atoms with E-state index in [0.717, 1.165) is 57.8 Å². The summed E-state index contributed by atoms with van der Waals surface area (Å²) in [5.74, 6) is -0.210. The van der Waals surface area contributed by atoms with Gasteiger partial charge in [0.15, 0.2) is 0 Å². The van der Waals surface area contributed by atoms with Crippen molar-refractivity contribution in [1.29, 1.82) is 0 Å². The molecule has 0 rings (SSSR count). The summed E-state index contributed by atoms with van der Waals surface area (Å²) in [6, 6.07) is 0. The Bertz CT molecular complexity index is 525.